The molecule has 0 unspecified atom stereocenters. The predicted octanol–water partition coefficient (Wildman–Crippen LogP) is 2.71. The molecule has 5 atom stereocenters. The van der Waals surface area contributed by atoms with Gasteiger partial charge < -0.3 is 19.3 Å². The van der Waals surface area contributed by atoms with Crippen molar-refractivity contribution in [3.05, 3.63) is 36.4 Å². The van der Waals surface area contributed by atoms with Crippen molar-refractivity contribution < 1.29 is 19.2 Å². The van der Waals surface area contributed by atoms with E-state index in [1.807, 2.05) is 6.07 Å². The van der Waals surface area contributed by atoms with Gasteiger partial charge in [0, 0.05) is 17.7 Å². The fourth-order valence-corrected chi connectivity index (χ4v) is 6.89. The van der Waals surface area contributed by atoms with Gasteiger partial charge in [-0.25, -0.2) is 0 Å². The van der Waals surface area contributed by atoms with E-state index in [0.29, 0.717) is 11.8 Å². The van der Waals surface area contributed by atoms with E-state index in [-0.39, 0.29) is 23.4 Å². The molecular weight excluding hydrogens is 388 g/mol. The summed E-state index contributed by atoms with van der Waals surface area (Å²) in [6.07, 6.45) is 5.90. The summed E-state index contributed by atoms with van der Waals surface area (Å²) < 4.78 is 11.4. The number of rotatable bonds is 4. The molecule has 5 nitrogen and oxygen atoms in total. The molecule has 0 amide bonds. The highest BCUT2D eigenvalue weighted by atomic mass is 16.6. The van der Waals surface area contributed by atoms with E-state index in [1.165, 1.54) is 29.0 Å². The van der Waals surface area contributed by atoms with Gasteiger partial charge in [0.15, 0.2) is 0 Å². The minimum absolute atomic E-state index is 0.0580. The van der Waals surface area contributed by atoms with Crippen molar-refractivity contribution in [3.63, 3.8) is 0 Å². The lowest BCUT2D eigenvalue weighted by molar-refractivity contribution is -0.903. The Kier molecular flexibility index (Phi) is 5.49. The molecule has 2 aliphatic heterocycles. The van der Waals surface area contributed by atoms with Gasteiger partial charge in [-0.15, -0.1) is 0 Å². The molecule has 1 aromatic carbocycles. The summed E-state index contributed by atoms with van der Waals surface area (Å²) in [5.41, 5.74) is 2.92. The number of quaternary nitrogens is 1. The predicted molar refractivity (Wildman–Crippen MR) is 121 cm³/mol. The fourth-order valence-electron chi connectivity index (χ4n) is 6.89. The second-order valence-electron chi connectivity index (χ2n) is 10.5. The topological polar surface area (TPSA) is 43.2 Å². The maximum absolute atomic E-state index is 12.9. The van der Waals surface area contributed by atoms with E-state index >= 15 is 0 Å². The van der Waals surface area contributed by atoms with Gasteiger partial charge in [0.1, 0.15) is 17.8 Å². The molecule has 5 rings (SSSR count). The third kappa shape index (κ3) is 3.86. The van der Waals surface area contributed by atoms with Crippen LogP contribution in [0, 0.1) is 23.2 Å². The summed E-state index contributed by atoms with van der Waals surface area (Å²) in [6, 6.07) is 8.31. The first kappa shape index (κ1) is 20.9. The van der Waals surface area contributed by atoms with Crippen molar-refractivity contribution in [2.24, 2.45) is 23.2 Å². The van der Waals surface area contributed by atoms with Crippen molar-refractivity contribution in [2.45, 2.75) is 45.1 Å². The Morgan fingerprint density at radius 3 is 2.90 bits per heavy atom. The van der Waals surface area contributed by atoms with Gasteiger partial charge in [0.05, 0.1) is 39.8 Å². The first-order valence-corrected chi connectivity index (χ1v) is 12.1. The summed E-state index contributed by atoms with van der Waals surface area (Å²) >= 11 is 0. The van der Waals surface area contributed by atoms with Gasteiger partial charge >= 0.3 is 5.97 Å². The van der Waals surface area contributed by atoms with Crippen LogP contribution in [0.5, 0.6) is 5.75 Å². The van der Waals surface area contributed by atoms with Crippen LogP contribution in [-0.4, -0.2) is 51.9 Å². The average molecular weight is 426 g/mol. The van der Waals surface area contributed by atoms with Crippen LogP contribution in [-0.2, 0) is 9.53 Å². The van der Waals surface area contributed by atoms with Gasteiger partial charge in [-0.2, -0.15) is 0 Å². The summed E-state index contributed by atoms with van der Waals surface area (Å²) in [5, 5.41) is 0. The van der Waals surface area contributed by atoms with Crippen molar-refractivity contribution in [1.82, 2.24) is 0 Å². The number of ether oxygens (including phenoxy) is 2. The minimum Gasteiger partial charge on any atom is -0.497 e. The van der Waals surface area contributed by atoms with E-state index in [2.05, 4.69) is 36.6 Å². The molecule has 2 heterocycles. The quantitative estimate of drug-likeness (QED) is 0.595. The zero-order valence-corrected chi connectivity index (χ0v) is 19.1. The largest absolute Gasteiger partial charge is 0.497 e. The van der Waals surface area contributed by atoms with Gasteiger partial charge in [0.25, 0.3) is 0 Å². The molecule has 1 aromatic rings. The molecule has 2 saturated carbocycles. The number of carbonyl (C=O) groups excluding carboxylic acids is 1. The van der Waals surface area contributed by atoms with E-state index in [0.717, 1.165) is 57.7 Å². The zero-order valence-electron chi connectivity index (χ0n) is 19.1. The van der Waals surface area contributed by atoms with Gasteiger partial charge in [-0.05, 0) is 55.6 Å². The number of hydrogen-bond acceptors (Lipinski definition) is 4. The van der Waals surface area contributed by atoms with Crippen LogP contribution < -0.4 is 14.5 Å². The molecule has 0 radical (unpaired) electrons. The number of piperazine rings is 1. The van der Waals surface area contributed by atoms with E-state index in [4.69, 9.17) is 9.47 Å². The maximum atomic E-state index is 12.9. The molecule has 0 aromatic heterocycles. The highest BCUT2D eigenvalue weighted by molar-refractivity contribution is 5.75. The molecule has 2 saturated heterocycles. The van der Waals surface area contributed by atoms with Crippen molar-refractivity contribution in [2.75, 3.05) is 44.7 Å². The van der Waals surface area contributed by atoms with Crippen LogP contribution >= 0.6 is 0 Å². The summed E-state index contributed by atoms with van der Waals surface area (Å²) in [4.78, 5) is 16.8. The van der Waals surface area contributed by atoms with Crippen molar-refractivity contribution >= 4 is 11.7 Å². The summed E-state index contributed by atoms with van der Waals surface area (Å²) in [7, 11) is 1.71. The first-order chi connectivity index (χ1) is 15.0. The van der Waals surface area contributed by atoms with Crippen LogP contribution in [0.15, 0.2) is 36.4 Å². The Hall–Kier alpha value is -2.01. The molecule has 4 aliphatic rings. The Labute approximate surface area is 186 Å². The number of methoxy groups -OCH3 is 1. The van der Waals surface area contributed by atoms with Gasteiger partial charge in [0.2, 0.25) is 0 Å². The standard InChI is InChI=1S/C26H36N2O3/c1-18-6-5-9-26(2)16-24-21(15-23(18)26)22(25(29)31-24)17-27-10-12-28(13-11-27)19-7-4-8-20(14-19)30-3/h4,7-8,14,21-24H,1,5-6,9-13,15-17H2,2-3H3/p+1/t21-,22+,23+,24-,26-/m1/s1. The van der Waals surface area contributed by atoms with Crippen LogP contribution in [0.1, 0.15) is 39.0 Å². The average Bonchev–Trinajstić information content (AvgIpc) is 3.06. The number of benzene rings is 1. The summed E-state index contributed by atoms with van der Waals surface area (Å²) in [5.74, 6) is 1.97. The Morgan fingerprint density at radius 1 is 1.32 bits per heavy atom. The molecule has 31 heavy (non-hydrogen) atoms. The summed E-state index contributed by atoms with van der Waals surface area (Å²) in [6.45, 7) is 11.9. The SMILES string of the molecule is C=C1CCC[C@]2(C)C[C@H]3OC(=O)[C@@H](C[NH+]4CCN(c5cccc(OC)c5)CC4)[C@H]3C[C@@H]12. The normalized spacial score (nSPS) is 36.0. The number of fused-ring (bicyclic) bond motifs is 2. The monoisotopic (exact) mass is 425 g/mol. The Balaban J connectivity index is 1.22. The zero-order chi connectivity index (χ0) is 21.6. The second kappa shape index (κ2) is 8.16. The van der Waals surface area contributed by atoms with Crippen LogP contribution in [0.25, 0.3) is 0 Å². The van der Waals surface area contributed by atoms with E-state index < -0.39 is 0 Å². The number of nitrogens with zero attached hydrogens (tertiary/aromatic N) is 1. The van der Waals surface area contributed by atoms with Crippen molar-refractivity contribution in [3.8, 4) is 5.75 Å². The van der Waals surface area contributed by atoms with E-state index in [1.54, 1.807) is 7.11 Å². The highest BCUT2D eigenvalue weighted by Gasteiger charge is 2.56. The molecule has 5 heteroatoms. The van der Waals surface area contributed by atoms with Crippen LogP contribution in [0.3, 0.4) is 0 Å². The smallest absolute Gasteiger partial charge is 0.315 e. The first-order valence-electron chi connectivity index (χ1n) is 12.1. The molecule has 0 bridgehead atoms. The second-order valence-corrected chi connectivity index (χ2v) is 10.5. The number of anilines is 1. The van der Waals surface area contributed by atoms with Crippen LogP contribution in [0.4, 0.5) is 5.69 Å². The maximum Gasteiger partial charge on any atom is 0.315 e. The molecule has 4 fully saturated rings. The molecule has 0 spiro atoms. The minimum atomic E-state index is 0.0580. The fraction of sp³-hybridized carbons (Fsp3) is 0.654. The number of allylic oxidation sites excluding steroid dienone is 1. The third-order valence-electron chi connectivity index (χ3n) is 8.72. The van der Waals surface area contributed by atoms with E-state index in [9.17, 15) is 4.79 Å². The Morgan fingerprint density at radius 2 is 2.13 bits per heavy atom. The van der Waals surface area contributed by atoms with Gasteiger partial charge in [-0.1, -0.05) is 25.1 Å². The third-order valence-corrected chi connectivity index (χ3v) is 8.72. The van der Waals surface area contributed by atoms with Gasteiger partial charge in [-0.3, -0.25) is 4.79 Å². The molecule has 168 valence electrons. The Bertz CT molecular complexity index is 847. The lowest BCUT2D eigenvalue weighted by Gasteiger charge is -2.50. The highest BCUT2D eigenvalue weighted by Crippen LogP contribution is 2.56. The molecular formula is C26H37N2O3+. The number of nitrogens with one attached hydrogen (secondary N) is 1. The van der Waals surface area contributed by atoms with Crippen LogP contribution in [0.2, 0.25) is 0 Å². The lowest BCUT2D eigenvalue weighted by Crippen LogP contribution is -3.15. The molecule has 1 N–H and O–H groups in total. The van der Waals surface area contributed by atoms with Crippen molar-refractivity contribution in [1.29, 1.82) is 0 Å². The lowest BCUT2D eigenvalue weighted by atomic mass is 9.55. The number of carbonyl (C=O) groups is 1. The molecule has 2 aliphatic carbocycles. The number of esters is 1. The number of hydrogen-bond donors (Lipinski definition) is 1.